The highest BCUT2D eigenvalue weighted by atomic mass is 15.3. The second-order valence-electron chi connectivity index (χ2n) is 5.58. The van der Waals surface area contributed by atoms with Crippen molar-refractivity contribution in [3.05, 3.63) is 71.9 Å². The van der Waals surface area contributed by atoms with Crippen LogP contribution in [0.4, 0.5) is 17.5 Å². The standard InChI is InChI=1S/C19H21N5/c1-3-15-9-7-8-12-17(15)22-18-13-20-24-19(23-18)21-14(2)16-10-5-4-6-11-16/h4-14H,3H2,1-2H3,(H2,21,22,23,24). The molecule has 0 aliphatic carbocycles. The Kier molecular flexibility index (Phi) is 5.01. The maximum atomic E-state index is 4.51. The van der Waals surface area contributed by atoms with E-state index in [1.165, 1.54) is 11.1 Å². The topological polar surface area (TPSA) is 62.7 Å². The Hall–Kier alpha value is -2.95. The van der Waals surface area contributed by atoms with E-state index in [9.17, 15) is 0 Å². The zero-order valence-electron chi connectivity index (χ0n) is 13.9. The van der Waals surface area contributed by atoms with Crippen LogP contribution >= 0.6 is 0 Å². The number of nitrogens with zero attached hydrogens (tertiary/aromatic N) is 3. The number of hydrogen-bond donors (Lipinski definition) is 2. The van der Waals surface area contributed by atoms with Crippen LogP contribution < -0.4 is 10.6 Å². The Bertz CT molecular complexity index is 789. The zero-order valence-corrected chi connectivity index (χ0v) is 13.9. The highest BCUT2D eigenvalue weighted by Crippen LogP contribution is 2.21. The first-order chi connectivity index (χ1) is 11.8. The van der Waals surface area contributed by atoms with Crippen molar-refractivity contribution < 1.29 is 0 Å². The Labute approximate surface area is 142 Å². The van der Waals surface area contributed by atoms with Gasteiger partial charge in [-0.05, 0) is 30.5 Å². The van der Waals surface area contributed by atoms with E-state index in [2.05, 4.69) is 57.9 Å². The maximum Gasteiger partial charge on any atom is 0.245 e. The molecule has 1 aromatic heterocycles. The molecule has 5 nitrogen and oxygen atoms in total. The molecule has 0 spiro atoms. The molecule has 0 bridgehead atoms. The summed E-state index contributed by atoms with van der Waals surface area (Å²) in [6, 6.07) is 18.5. The van der Waals surface area contributed by atoms with Gasteiger partial charge in [-0.25, -0.2) is 0 Å². The smallest absolute Gasteiger partial charge is 0.245 e. The monoisotopic (exact) mass is 319 g/mol. The van der Waals surface area contributed by atoms with Crippen LogP contribution in [-0.4, -0.2) is 15.2 Å². The summed E-state index contributed by atoms with van der Waals surface area (Å²) in [6.45, 7) is 4.21. The molecule has 3 aromatic rings. The van der Waals surface area contributed by atoms with Crippen molar-refractivity contribution in [1.29, 1.82) is 0 Å². The van der Waals surface area contributed by atoms with Crippen molar-refractivity contribution in [1.82, 2.24) is 15.2 Å². The molecule has 24 heavy (non-hydrogen) atoms. The minimum absolute atomic E-state index is 0.103. The summed E-state index contributed by atoms with van der Waals surface area (Å²) in [7, 11) is 0. The molecular weight excluding hydrogens is 298 g/mol. The summed E-state index contributed by atoms with van der Waals surface area (Å²) in [5.41, 5.74) is 3.46. The SMILES string of the molecule is CCc1ccccc1Nc1cnnc(NC(C)c2ccccc2)n1. The van der Waals surface area contributed by atoms with E-state index in [0.29, 0.717) is 11.8 Å². The molecule has 1 heterocycles. The second kappa shape index (κ2) is 7.55. The number of aryl methyl sites for hydroxylation is 1. The molecular formula is C19H21N5. The van der Waals surface area contributed by atoms with Gasteiger partial charge in [-0.1, -0.05) is 55.5 Å². The lowest BCUT2D eigenvalue weighted by Gasteiger charge is -2.15. The summed E-state index contributed by atoms with van der Waals surface area (Å²) in [5, 5.41) is 14.7. The Morgan fingerprint density at radius 1 is 1.00 bits per heavy atom. The van der Waals surface area contributed by atoms with E-state index in [0.717, 1.165) is 12.1 Å². The number of rotatable bonds is 6. The van der Waals surface area contributed by atoms with E-state index in [4.69, 9.17) is 0 Å². The zero-order chi connectivity index (χ0) is 16.8. The van der Waals surface area contributed by atoms with Gasteiger partial charge in [-0.2, -0.15) is 10.1 Å². The summed E-state index contributed by atoms with van der Waals surface area (Å²) in [4.78, 5) is 4.51. The van der Waals surface area contributed by atoms with Crippen LogP contribution in [0.3, 0.4) is 0 Å². The molecule has 0 fully saturated rings. The van der Waals surface area contributed by atoms with Gasteiger partial charge in [0.05, 0.1) is 12.2 Å². The first kappa shape index (κ1) is 15.9. The van der Waals surface area contributed by atoms with E-state index >= 15 is 0 Å². The van der Waals surface area contributed by atoms with Crippen LogP contribution in [0.15, 0.2) is 60.8 Å². The Morgan fingerprint density at radius 2 is 1.75 bits per heavy atom. The van der Waals surface area contributed by atoms with Gasteiger partial charge < -0.3 is 10.6 Å². The van der Waals surface area contributed by atoms with Crippen molar-refractivity contribution in [2.24, 2.45) is 0 Å². The molecule has 0 radical (unpaired) electrons. The van der Waals surface area contributed by atoms with E-state index in [1.807, 2.05) is 36.4 Å². The minimum atomic E-state index is 0.103. The van der Waals surface area contributed by atoms with Gasteiger partial charge >= 0.3 is 0 Å². The van der Waals surface area contributed by atoms with Crippen molar-refractivity contribution in [3.8, 4) is 0 Å². The van der Waals surface area contributed by atoms with Crippen LogP contribution in [0, 0.1) is 0 Å². The average molecular weight is 319 g/mol. The summed E-state index contributed by atoms with van der Waals surface area (Å²) in [5.74, 6) is 1.18. The summed E-state index contributed by atoms with van der Waals surface area (Å²) in [6.07, 6.45) is 2.59. The molecule has 0 saturated heterocycles. The summed E-state index contributed by atoms with van der Waals surface area (Å²) >= 11 is 0. The quantitative estimate of drug-likeness (QED) is 0.707. The molecule has 5 heteroatoms. The van der Waals surface area contributed by atoms with Crippen LogP contribution in [0.2, 0.25) is 0 Å². The number of para-hydroxylation sites is 1. The van der Waals surface area contributed by atoms with Gasteiger partial charge in [-0.3, -0.25) is 0 Å². The highest BCUT2D eigenvalue weighted by Gasteiger charge is 2.08. The van der Waals surface area contributed by atoms with Gasteiger partial charge in [-0.15, -0.1) is 5.10 Å². The lowest BCUT2D eigenvalue weighted by Crippen LogP contribution is -2.11. The largest absolute Gasteiger partial charge is 0.346 e. The predicted octanol–water partition coefficient (Wildman–Crippen LogP) is 4.35. The van der Waals surface area contributed by atoms with Crippen molar-refractivity contribution >= 4 is 17.5 Å². The maximum absolute atomic E-state index is 4.51. The first-order valence-corrected chi connectivity index (χ1v) is 8.12. The fourth-order valence-electron chi connectivity index (χ4n) is 2.53. The molecule has 0 amide bonds. The predicted molar refractivity (Wildman–Crippen MR) is 97.4 cm³/mol. The third-order valence-electron chi connectivity index (χ3n) is 3.87. The van der Waals surface area contributed by atoms with Crippen LogP contribution in [0.1, 0.15) is 31.0 Å². The van der Waals surface area contributed by atoms with Crippen molar-refractivity contribution in [2.75, 3.05) is 10.6 Å². The minimum Gasteiger partial charge on any atom is -0.346 e. The third kappa shape index (κ3) is 3.87. The number of nitrogens with one attached hydrogen (secondary N) is 2. The molecule has 1 unspecified atom stereocenters. The van der Waals surface area contributed by atoms with Crippen molar-refractivity contribution in [2.45, 2.75) is 26.3 Å². The first-order valence-electron chi connectivity index (χ1n) is 8.12. The fraction of sp³-hybridized carbons (Fsp3) is 0.211. The normalized spacial score (nSPS) is 11.8. The molecule has 0 saturated carbocycles. The number of anilines is 3. The number of aromatic nitrogens is 3. The van der Waals surface area contributed by atoms with E-state index < -0.39 is 0 Å². The lowest BCUT2D eigenvalue weighted by atomic mass is 10.1. The van der Waals surface area contributed by atoms with Crippen LogP contribution in [-0.2, 0) is 6.42 Å². The molecule has 0 aliphatic heterocycles. The molecule has 1 atom stereocenters. The van der Waals surface area contributed by atoms with Gasteiger partial charge in [0.2, 0.25) is 5.95 Å². The average Bonchev–Trinajstić information content (AvgIpc) is 2.63. The molecule has 2 aromatic carbocycles. The van der Waals surface area contributed by atoms with E-state index in [-0.39, 0.29) is 6.04 Å². The second-order valence-corrected chi connectivity index (χ2v) is 5.58. The van der Waals surface area contributed by atoms with Gasteiger partial charge in [0.25, 0.3) is 0 Å². The lowest BCUT2D eigenvalue weighted by molar-refractivity contribution is 0.841. The summed E-state index contributed by atoms with van der Waals surface area (Å²) < 4.78 is 0. The highest BCUT2D eigenvalue weighted by molar-refractivity contribution is 5.60. The molecule has 0 aliphatic rings. The molecule has 3 rings (SSSR count). The van der Waals surface area contributed by atoms with Gasteiger partial charge in [0.15, 0.2) is 5.82 Å². The molecule has 2 N–H and O–H groups in total. The Balaban J connectivity index is 1.74. The van der Waals surface area contributed by atoms with Crippen LogP contribution in [0.25, 0.3) is 0 Å². The third-order valence-corrected chi connectivity index (χ3v) is 3.87. The van der Waals surface area contributed by atoms with Gasteiger partial charge in [0.1, 0.15) is 0 Å². The van der Waals surface area contributed by atoms with E-state index in [1.54, 1.807) is 6.20 Å². The fourth-order valence-corrected chi connectivity index (χ4v) is 2.53. The number of hydrogen-bond acceptors (Lipinski definition) is 5. The number of benzene rings is 2. The molecule has 122 valence electrons. The Morgan fingerprint density at radius 3 is 2.54 bits per heavy atom. The van der Waals surface area contributed by atoms with Gasteiger partial charge in [0, 0.05) is 5.69 Å². The van der Waals surface area contributed by atoms with Crippen molar-refractivity contribution in [3.63, 3.8) is 0 Å². The van der Waals surface area contributed by atoms with Crippen LogP contribution in [0.5, 0.6) is 0 Å².